The number of fused-ring (bicyclic) bond motifs is 3. The van der Waals surface area contributed by atoms with E-state index in [0.717, 1.165) is 6.07 Å². The highest BCUT2D eigenvalue weighted by molar-refractivity contribution is 6.00. The highest BCUT2D eigenvalue weighted by atomic mass is 16.3. The van der Waals surface area contributed by atoms with Crippen LogP contribution in [0, 0.1) is 0 Å². The minimum atomic E-state index is -0.479. The summed E-state index contributed by atoms with van der Waals surface area (Å²) in [5.41, 5.74) is -0.303. The van der Waals surface area contributed by atoms with Gasteiger partial charge in [-0.1, -0.05) is 0 Å². The Balaban J connectivity index is 2.47. The van der Waals surface area contributed by atoms with Crippen molar-refractivity contribution in [3.05, 3.63) is 22.1 Å². The van der Waals surface area contributed by atoms with E-state index in [-0.39, 0.29) is 29.9 Å². The third-order valence-corrected chi connectivity index (χ3v) is 2.32. The molecule has 0 radical (unpaired) electrons. The summed E-state index contributed by atoms with van der Waals surface area (Å²) in [6.07, 6.45) is 0. The van der Waals surface area contributed by atoms with Gasteiger partial charge < -0.3 is 15.7 Å². The summed E-state index contributed by atoms with van der Waals surface area (Å²) in [5.74, 6) is -0.226. The molecule has 0 saturated heterocycles. The molecule has 0 bridgehead atoms. The molecule has 2 aromatic heterocycles. The number of hydrogen-bond donors (Lipinski definition) is 4. The number of aromatic hydroxyl groups is 1. The van der Waals surface area contributed by atoms with Crippen LogP contribution in [0.1, 0.15) is 10.5 Å². The van der Waals surface area contributed by atoms with Crippen molar-refractivity contribution < 1.29 is 9.90 Å². The van der Waals surface area contributed by atoms with Gasteiger partial charge >= 0.3 is 0 Å². The lowest BCUT2D eigenvalue weighted by molar-refractivity contribution is 0.0945. The zero-order chi connectivity index (χ0) is 11.3. The van der Waals surface area contributed by atoms with E-state index in [4.69, 9.17) is 0 Å². The summed E-state index contributed by atoms with van der Waals surface area (Å²) >= 11 is 0. The molecule has 0 saturated carbocycles. The van der Waals surface area contributed by atoms with Gasteiger partial charge in [-0.15, -0.1) is 0 Å². The van der Waals surface area contributed by atoms with Crippen molar-refractivity contribution in [3.8, 4) is 5.88 Å². The smallest absolute Gasteiger partial charge is 0.273 e. The number of carbonyl (C=O) groups excluding carboxylic acids is 1. The molecule has 0 unspecified atom stereocenters. The predicted octanol–water partition coefficient (Wildman–Crippen LogP) is -1.16. The molecular formula is C8H7N5O3. The second-order valence-corrected chi connectivity index (χ2v) is 3.32. The number of anilines is 1. The number of nitrogens with zero attached hydrogens (tertiary/aromatic N) is 2. The second-order valence-electron chi connectivity index (χ2n) is 3.32. The van der Waals surface area contributed by atoms with E-state index in [0.29, 0.717) is 5.82 Å². The van der Waals surface area contributed by atoms with Gasteiger partial charge in [0, 0.05) is 0 Å². The fraction of sp³-hybridized carbons (Fsp3) is 0.125. The fourth-order valence-corrected chi connectivity index (χ4v) is 1.68. The number of aromatic amines is 1. The van der Waals surface area contributed by atoms with Gasteiger partial charge in [-0.2, -0.15) is 4.98 Å². The lowest BCUT2D eigenvalue weighted by atomic mass is 10.3. The molecule has 8 heteroatoms. The molecule has 3 heterocycles. The van der Waals surface area contributed by atoms with Crippen LogP contribution >= 0.6 is 0 Å². The minimum Gasteiger partial charge on any atom is -0.494 e. The largest absolute Gasteiger partial charge is 0.494 e. The van der Waals surface area contributed by atoms with E-state index < -0.39 is 5.56 Å². The Bertz CT molecular complexity index is 655. The topological polar surface area (TPSA) is 112 Å². The molecule has 0 atom stereocenters. The van der Waals surface area contributed by atoms with Crippen LogP contribution in [-0.2, 0) is 0 Å². The summed E-state index contributed by atoms with van der Waals surface area (Å²) in [6.45, 7) is 0.265. The normalized spacial score (nSPS) is 14.4. The summed E-state index contributed by atoms with van der Waals surface area (Å²) in [7, 11) is 0. The molecule has 0 spiro atoms. The maximum absolute atomic E-state index is 11.6. The van der Waals surface area contributed by atoms with E-state index >= 15 is 0 Å². The van der Waals surface area contributed by atoms with Crippen molar-refractivity contribution in [2.75, 3.05) is 12.0 Å². The van der Waals surface area contributed by atoms with Crippen molar-refractivity contribution in [1.29, 1.82) is 0 Å². The number of carbonyl (C=O) groups is 1. The number of amides is 1. The number of nitrogens with one attached hydrogen (secondary N) is 3. The van der Waals surface area contributed by atoms with Gasteiger partial charge in [-0.05, 0) is 0 Å². The van der Waals surface area contributed by atoms with Crippen LogP contribution in [0.3, 0.4) is 0 Å². The SMILES string of the molecule is O=C1NCNc2nc3[nH]c(=O)cc(O)n3c21. The molecule has 16 heavy (non-hydrogen) atoms. The Hall–Kier alpha value is -2.51. The van der Waals surface area contributed by atoms with E-state index in [1.807, 2.05) is 0 Å². The minimum absolute atomic E-state index is 0.125. The van der Waals surface area contributed by atoms with Gasteiger partial charge in [0.05, 0.1) is 12.7 Å². The van der Waals surface area contributed by atoms with Crippen molar-refractivity contribution >= 4 is 17.5 Å². The maximum Gasteiger partial charge on any atom is 0.273 e. The molecule has 1 aliphatic heterocycles. The summed E-state index contributed by atoms with van der Waals surface area (Å²) in [5, 5.41) is 15.0. The molecule has 82 valence electrons. The molecule has 8 nitrogen and oxygen atoms in total. The molecule has 0 aliphatic carbocycles. The van der Waals surface area contributed by atoms with E-state index in [1.165, 1.54) is 4.40 Å². The third-order valence-electron chi connectivity index (χ3n) is 2.32. The first-order valence-electron chi connectivity index (χ1n) is 4.53. The molecule has 4 N–H and O–H groups in total. The Kier molecular flexibility index (Phi) is 1.51. The Morgan fingerprint density at radius 2 is 2.19 bits per heavy atom. The number of rotatable bonds is 0. The zero-order valence-corrected chi connectivity index (χ0v) is 7.94. The van der Waals surface area contributed by atoms with Gasteiger partial charge in [0.1, 0.15) is 0 Å². The number of H-pyrrole nitrogens is 1. The van der Waals surface area contributed by atoms with Gasteiger partial charge in [-0.25, -0.2) is 4.40 Å². The Morgan fingerprint density at radius 3 is 3.00 bits per heavy atom. The first kappa shape index (κ1) is 8.77. The molecule has 0 aromatic carbocycles. The lowest BCUT2D eigenvalue weighted by Crippen LogP contribution is -2.35. The predicted molar refractivity (Wildman–Crippen MR) is 53.4 cm³/mol. The Labute approximate surface area is 87.9 Å². The zero-order valence-electron chi connectivity index (χ0n) is 7.94. The highest BCUT2D eigenvalue weighted by Gasteiger charge is 2.24. The van der Waals surface area contributed by atoms with E-state index in [9.17, 15) is 14.7 Å². The van der Waals surface area contributed by atoms with Gasteiger partial charge in [0.2, 0.25) is 11.7 Å². The summed E-state index contributed by atoms with van der Waals surface area (Å²) in [6, 6.07) is 0.983. The van der Waals surface area contributed by atoms with Crippen LogP contribution < -0.4 is 16.2 Å². The van der Waals surface area contributed by atoms with Crippen molar-refractivity contribution in [1.82, 2.24) is 19.7 Å². The summed E-state index contributed by atoms with van der Waals surface area (Å²) in [4.78, 5) is 29.1. The quantitative estimate of drug-likeness (QED) is 0.448. The van der Waals surface area contributed by atoms with Crippen LogP contribution in [0.5, 0.6) is 5.88 Å². The van der Waals surface area contributed by atoms with Gasteiger partial charge in [0.15, 0.2) is 11.5 Å². The molecular weight excluding hydrogens is 214 g/mol. The number of hydrogen-bond acceptors (Lipinski definition) is 5. The van der Waals surface area contributed by atoms with Gasteiger partial charge in [-0.3, -0.25) is 14.6 Å². The average Bonchev–Trinajstić information content (AvgIpc) is 2.56. The third kappa shape index (κ3) is 1.00. The second kappa shape index (κ2) is 2.75. The van der Waals surface area contributed by atoms with E-state index in [2.05, 4.69) is 20.6 Å². The number of aromatic nitrogens is 3. The van der Waals surface area contributed by atoms with Crippen molar-refractivity contribution in [2.45, 2.75) is 0 Å². The monoisotopic (exact) mass is 221 g/mol. The van der Waals surface area contributed by atoms with E-state index in [1.54, 1.807) is 0 Å². The molecule has 1 aliphatic rings. The standard InChI is InChI=1S/C8H7N5O3/c14-3-1-4(15)13-5-6(12-8(13)11-3)9-2-10-7(5)16/h1,9,15H,2H2,(H,10,16)(H,11,12,14). The molecule has 2 aromatic rings. The van der Waals surface area contributed by atoms with Gasteiger partial charge in [0.25, 0.3) is 11.5 Å². The van der Waals surface area contributed by atoms with Crippen LogP contribution in [0.2, 0.25) is 0 Å². The molecule has 0 fully saturated rings. The average molecular weight is 221 g/mol. The first-order chi connectivity index (χ1) is 7.66. The first-order valence-corrected chi connectivity index (χ1v) is 4.53. The lowest BCUT2D eigenvalue weighted by Gasteiger charge is -2.13. The van der Waals surface area contributed by atoms with Crippen LogP contribution in [-0.4, -0.2) is 32.1 Å². The van der Waals surface area contributed by atoms with Crippen LogP contribution in [0.25, 0.3) is 5.78 Å². The Morgan fingerprint density at radius 1 is 1.38 bits per heavy atom. The highest BCUT2D eigenvalue weighted by Crippen LogP contribution is 2.21. The fourth-order valence-electron chi connectivity index (χ4n) is 1.68. The molecule has 1 amide bonds. The number of imidazole rings is 1. The van der Waals surface area contributed by atoms with Crippen molar-refractivity contribution in [3.63, 3.8) is 0 Å². The van der Waals surface area contributed by atoms with Crippen LogP contribution in [0.4, 0.5) is 5.82 Å². The summed E-state index contributed by atoms with van der Waals surface area (Å²) < 4.78 is 1.18. The van der Waals surface area contributed by atoms with Crippen molar-refractivity contribution in [2.24, 2.45) is 0 Å². The maximum atomic E-state index is 11.6. The molecule has 3 rings (SSSR count). The van der Waals surface area contributed by atoms with Crippen LogP contribution in [0.15, 0.2) is 10.9 Å².